The number of aromatic carboxylic acids is 1. The van der Waals surface area contributed by atoms with Crippen LogP contribution in [0.3, 0.4) is 0 Å². The molecule has 2 aromatic heterocycles. The van der Waals surface area contributed by atoms with Gasteiger partial charge in [-0.05, 0) is 72.7 Å². The fraction of sp³-hybridized carbons (Fsp3) is 0.148. The monoisotopic (exact) mass is 469 g/mol. The number of nitrogens with zero attached hydrogens (tertiary/aromatic N) is 2. The molecule has 0 bridgehead atoms. The van der Waals surface area contributed by atoms with Crippen molar-refractivity contribution in [2.24, 2.45) is 0 Å². The second kappa shape index (κ2) is 9.11. The zero-order chi connectivity index (χ0) is 23.7. The van der Waals surface area contributed by atoms with Gasteiger partial charge in [-0.1, -0.05) is 37.3 Å². The summed E-state index contributed by atoms with van der Waals surface area (Å²) in [7, 11) is 0. The van der Waals surface area contributed by atoms with Crippen molar-refractivity contribution in [2.45, 2.75) is 25.4 Å². The Hall–Kier alpha value is -3.97. The van der Waals surface area contributed by atoms with Gasteiger partial charge in [0.25, 0.3) is 0 Å². The summed E-state index contributed by atoms with van der Waals surface area (Å²) < 4.78 is 6.32. The van der Waals surface area contributed by atoms with E-state index in [2.05, 4.69) is 46.4 Å². The zero-order valence-electron chi connectivity index (χ0n) is 18.5. The Morgan fingerprint density at radius 2 is 1.91 bits per heavy atom. The third-order valence-electron chi connectivity index (χ3n) is 6.03. The van der Waals surface area contributed by atoms with Crippen LogP contribution in [0.2, 0.25) is 0 Å². The standard InChI is InChI=1S/C27H23N3O3S/c1-2-17-9-11-20(12-10-17)30-25(24(29-27(30)34)21-8-3-4-15-28-21)23-14-13-22(33-23)18-6-5-7-19(16-18)26(31)32/h3-16,24-25H,2H2,1H3,(H,29,34)(H,31,32)/t24-,25-/m1/s1. The number of carboxylic acids is 1. The van der Waals surface area contributed by atoms with Gasteiger partial charge in [0, 0.05) is 17.4 Å². The molecule has 7 heteroatoms. The van der Waals surface area contributed by atoms with Gasteiger partial charge < -0.3 is 19.7 Å². The summed E-state index contributed by atoms with van der Waals surface area (Å²) in [4.78, 5) is 18.0. The molecule has 1 aliphatic rings. The van der Waals surface area contributed by atoms with Crippen LogP contribution in [0.25, 0.3) is 11.3 Å². The van der Waals surface area contributed by atoms with Crippen molar-refractivity contribution in [1.29, 1.82) is 0 Å². The molecule has 170 valence electrons. The summed E-state index contributed by atoms with van der Waals surface area (Å²) in [6.45, 7) is 2.13. The molecule has 1 saturated heterocycles. The lowest BCUT2D eigenvalue weighted by Crippen LogP contribution is -2.29. The van der Waals surface area contributed by atoms with Crippen molar-refractivity contribution in [3.8, 4) is 11.3 Å². The van der Waals surface area contributed by atoms with Crippen LogP contribution in [0.4, 0.5) is 5.69 Å². The van der Waals surface area contributed by atoms with Crippen LogP contribution < -0.4 is 10.2 Å². The van der Waals surface area contributed by atoms with Gasteiger partial charge in [0.05, 0.1) is 17.3 Å². The van der Waals surface area contributed by atoms with Crippen molar-refractivity contribution in [3.63, 3.8) is 0 Å². The summed E-state index contributed by atoms with van der Waals surface area (Å²) >= 11 is 5.76. The van der Waals surface area contributed by atoms with E-state index in [1.165, 1.54) is 5.56 Å². The highest BCUT2D eigenvalue weighted by atomic mass is 32.1. The molecule has 4 aromatic rings. The summed E-state index contributed by atoms with van der Waals surface area (Å²) in [5.74, 6) is 0.325. The van der Waals surface area contributed by atoms with Crippen LogP contribution in [-0.2, 0) is 6.42 Å². The maximum absolute atomic E-state index is 11.4. The Labute approximate surface area is 202 Å². The molecule has 2 aromatic carbocycles. The number of nitrogens with one attached hydrogen (secondary N) is 1. The van der Waals surface area contributed by atoms with Crippen LogP contribution in [0, 0.1) is 0 Å². The summed E-state index contributed by atoms with van der Waals surface area (Å²) in [5, 5.41) is 13.4. The van der Waals surface area contributed by atoms with E-state index < -0.39 is 5.97 Å². The number of anilines is 1. The van der Waals surface area contributed by atoms with Crippen molar-refractivity contribution < 1.29 is 14.3 Å². The largest absolute Gasteiger partial charge is 0.478 e. The van der Waals surface area contributed by atoms with Crippen LogP contribution in [-0.4, -0.2) is 21.2 Å². The third kappa shape index (κ3) is 4.06. The maximum atomic E-state index is 11.4. The predicted molar refractivity (Wildman–Crippen MR) is 135 cm³/mol. The molecule has 0 aliphatic carbocycles. The fourth-order valence-electron chi connectivity index (χ4n) is 4.29. The van der Waals surface area contributed by atoms with Gasteiger partial charge in [0.15, 0.2) is 5.11 Å². The smallest absolute Gasteiger partial charge is 0.335 e. The number of hydrogen-bond donors (Lipinski definition) is 2. The fourth-order valence-corrected chi connectivity index (χ4v) is 4.63. The van der Waals surface area contributed by atoms with Crippen LogP contribution in [0.1, 0.15) is 46.4 Å². The van der Waals surface area contributed by atoms with E-state index in [1.54, 1.807) is 24.4 Å². The first-order valence-corrected chi connectivity index (χ1v) is 11.5. The van der Waals surface area contributed by atoms with Gasteiger partial charge in [0.1, 0.15) is 17.6 Å². The molecule has 6 nitrogen and oxygen atoms in total. The number of thiocarbonyl (C=S) groups is 1. The molecule has 0 saturated carbocycles. The minimum atomic E-state index is -0.976. The molecule has 0 spiro atoms. The topological polar surface area (TPSA) is 78.6 Å². The van der Waals surface area contributed by atoms with Crippen molar-refractivity contribution in [2.75, 3.05) is 4.90 Å². The van der Waals surface area contributed by atoms with Gasteiger partial charge in [-0.2, -0.15) is 0 Å². The summed E-state index contributed by atoms with van der Waals surface area (Å²) in [6.07, 6.45) is 2.72. The molecule has 0 radical (unpaired) electrons. The molecule has 5 rings (SSSR count). The van der Waals surface area contributed by atoms with Crippen molar-refractivity contribution in [3.05, 3.63) is 108 Å². The number of hydrogen-bond acceptors (Lipinski definition) is 4. The highest BCUT2D eigenvalue weighted by molar-refractivity contribution is 7.80. The molecular weight excluding hydrogens is 446 g/mol. The van der Waals surface area contributed by atoms with Gasteiger partial charge in [-0.25, -0.2) is 4.79 Å². The third-order valence-corrected chi connectivity index (χ3v) is 6.35. The van der Waals surface area contributed by atoms with Gasteiger partial charge >= 0.3 is 5.97 Å². The van der Waals surface area contributed by atoms with E-state index >= 15 is 0 Å². The van der Waals surface area contributed by atoms with E-state index in [1.807, 2.05) is 36.4 Å². The Morgan fingerprint density at radius 1 is 1.09 bits per heavy atom. The molecule has 2 atom stereocenters. The number of benzene rings is 2. The average Bonchev–Trinajstić information content (AvgIpc) is 3.49. The first-order chi connectivity index (χ1) is 16.5. The van der Waals surface area contributed by atoms with Gasteiger partial charge in [-0.15, -0.1) is 0 Å². The number of rotatable bonds is 6. The molecule has 1 aliphatic heterocycles. The molecule has 3 heterocycles. The second-order valence-electron chi connectivity index (χ2n) is 8.10. The molecule has 34 heavy (non-hydrogen) atoms. The summed E-state index contributed by atoms with van der Waals surface area (Å²) in [5.41, 5.74) is 3.98. The Bertz CT molecular complexity index is 1330. The second-order valence-corrected chi connectivity index (χ2v) is 8.49. The minimum Gasteiger partial charge on any atom is -0.478 e. The normalized spacial score (nSPS) is 17.6. The first kappa shape index (κ1) is 21.9. The maximum Gasteiger partial charge on any atom is 0.335 e. The molecule has 1 fully saturated rings. The molecular formula is C27H23N3O3S. The number of furan rings is 1. The van der Waals surface area contributed by atoms with E-state index in [0.717, 1.165) is 17.8 Å². The van der Waals surface area contributed by atoms with E-state index in [0.29, 0.717) is 22.2 Å². The minimum absolute atomic E-state index is 0.211. The predicted octanol–water partition coefficient (Wildman–Crippen LogP) is 5.78. The van der Waals surface area contributed by atoms with Crippen molar-refractivity contribution >= 4 is 29.0 Å². The number of carboxylic acid groups (broad SMARTS) is 1. The Balaban J connectivity index is 1.58. The van der Waals surface area contributed by atoms with E-state index in [-0.39, 0.29) is 17.6 Å². The van der Waals surface area contributed by atoms with Gasteiger partial charge in [0.2, 0.25) is 0 Å². The Kier molecular flexibility index (Phi) is 5.86. The average molecular weight is 470 g/mol. The summed E-state index contributed by atoms with van der Waals surface area (Å²) in [6, 6.07) is 24.2. The number of carbonyl (C=O) groups is 1. The Morgan fingerprint density at radius 3 is 2.62 bits per heavy atom. The number of pyridine rings is 1. The first-order valence-electron chi connectivity index (χ1n) is 11.1. The van der Waals surface area contributed by atoms with E-state index in [9.17, 15) is 9.90 Å². The SMILES string of the molecule is CCc1ccc(N2C(=S)N[C@H](c3ccccn3)[C@H]2c2ccc(-c3cccc(C(=O)O)c3)o2)cc1. The lowest BCUT2D eigenvalue weighted by molar-refractivity contribution is 0.0697. The number of aromatic nitrogens is 1. The molecule has 2 N–H and O–H groups in total. The highest BCUT2D eigenvalue weighted by Gasteiger charge is 2.42. The van der Waals surface area contributed by atoms with Gasteiger partial charge in [-0.3, -0.25) is 4.98 Å². The van der Waals surface area contributed by atoms with Crippen LogP contribution in [0.15, 0.2) is 89.5 Å². The highest BCUT2D eigenvalue weighted by Crippen LogP contribution is 2.43. The van der Waals surface area contributed by atoms with E-state index in [4.69, 9.17) is 16.6 Å². The van der Waals surface area contributed by atoms with Crippen LogP contribution >= 0.6 is 12.2 Å². The molecule has 0 amide bonds. The quantitative estimate of drug-likeness (QED) is 0.347. The van der Waals surface area contributed by atoms with Crippen LogP contribution in [0.5, 0.6) is 0 Å². The lowest BCUT2D eigenvalue weighted by Gasteiger charge is -2.26. The van der Waals surface area contributed by atoms with Crippen molar-refractivity contribution in [1.82, 2.24) is 10.3 Å². The number of aryl methyl sites for hydroxylation is 1. The zero-order valence-corrected chi connectivity index (χ0v) is 19.3. The lowest BCUT2D eigenvalue weighted by atomic mass is 10.0. The molecule has 0 unspecified atom stereocenters.